The van der Waals surface area contributed by atoms with E-state index in [0.717, 1.165) is 13.8 Å². The van der Waals surface area contributed by atoms with Crippen LogP contribution in [0.25, 0.3) is 0 Å². The molecule has 3 unspecified atom stereocenters. The van der Waals surface area contributed by atoms with Gasteiger partial charge in [0.1, 0.15) is 183 Å². The molecule has 24 N–H and O–H groups in total. The summed E-state index contributed by atoms with van der Waals surface area (Å²) in [5.41, 5.74) is 0. The summed E-state index contributed by atoms with van der Waals surface area (Å²) in [7, 11) is 0. The number of hydrogen-bond donors (Lipinski definition) is 24. The Morgan fingerprint density at radius 3 is 0.914 bits per heavy atom. The lowest BCUT2D eigenvalue weighted by Crippen LogP contribution is -2.72. The van der Waals surface area contributed by atoms with Crippen LogP contribution in [0.15, 0.2) is 0 Å². The fourth-order valence-corrected chi connectivity index (χ4v) is 12.2. The molecule has 8 aliphatic heterocycles. The molecular formula is C52H88N2O39. The highest BCUT2D eigenvalue weighted by Crippen LogP contribution is 2.40. The Labute approximate surface area is 527 Å². The van der Waals surface area contributed by atoms with Gasteiger partial charge in [0.05, 0.1) is 51.8 Å². The third-order valence-corrected chi connectivity index (χ3v) is 17.4. The van der Waals surface area contributed by atoms with Gasteiger partial charge in [-0.05, 0) is 13.8 Å². The Bertz CT molecular complexity index is 2350. The van der Waals surface area contributed by atoms with Crippen molar-refractivity contribution in [2.45, 2.75) is 273 Å². The van der Waals surface area contributed by atoms with Crippen LogP contribution < -0.4 is 10.6 Å². The topological polar surface area (TPSA) is 642 Å². The zero-order valence-corrected chi connectivity index (χ0v) is 50.1. The average Bonchev–Trinajstić information content (AvgIpc) is 0.776. The molecule has 8 saturated heterocycles. The third kappa shape index (κ3) is 16.2. The van der Waals surface area contributed by atoms with Crippen molar-refractivity contribution in [3.63, 3.8) is 0 Å². The quantitative estimate of drug-likeness (QED) is 0.0479. The van der Waals surface area contributed by atoms with Gasteiger partial charge in [-0.3, -0.25) is 9.59 Å². The van der Waals surface area contributed by atoms with Gasteiger partial charge in [-0.15, -0.1) is 0 Å². The lowest BCUT2D eigenvalue weighted by atomic mass is 9.93. The minimum absolute atomic E-state index is 0.947. The zero-order valence-electron chi connectivity index (χ0n) is 50.1. The molecule has 0 spiro atoms. The van der Waals surface area contributed by atoms with Gasteiger partial charge in [0.2, 0.25) is 11.8 Å². The number of rotatable bonds is 22. The van der Waals surface area contributed by atoms with E-state index in [1.54, 1.807) is 0 Å². The van der Waals surface area contributed by atoms with Gasteiger partial charge in [0, 0.05) is 13.8 Å². The Balaban J connectivity index is 1.14. The van der Waals surface area contributed by atoms with Gasteiger partial charge in [0.25, 0.3) is 0 Å². The van der Waals surface area contributed by atoms with Crippen molar-refractivity contribution >= 4 is 11.8 Å². The third-order valence-electron chi connectivity index (χ3n) is 17.4. The first-order chi connectivity index (χ1) is 43.9. The van der Waals surface area contributed by atoms with E-state index in [9.17, 15) is 122 Å². The number of nitrogens with one attached hydrogen (secondary N) is 2. The van der Waals surface area contributed by atoms with Crippen LogP contribution in [0.5, 0.6) is 0 Å². The molecule has 0 bridgehead atoms. The van der Waals surface area contributed by atoms with E-state index in [0.29, 0.717) is 0 Å². The molecule has 0 aromatic rings. The maximum absolute atomic E-state index is 13.3. The van der Waals surface area contributed by atoms with Crippen molar-refractivity contribution in [2.24, 2.45) is 0 Å². The molecule has 0 aromatic heterocycles. The van der Waals surface area contributed by atoms with E-state index in [2.05, 4.69) is 10.6 Å². The molecule has 2 amide bonds. The van der Waals surface area contributed by atoms with Gasteiger partial charge < -0.3 is 194 Å². The van der Waals surface area contributed by atoms with Crippen molar-refractivity contribution < 1.29 is 193 Å². The van der Waals surface area contributed by atoms with Gasteiger partial charge >= 0.3 is 0 Å². The smallest absolute Gasteiger partial charge is 0.217 e. The van der Waals surface area contributed by atoms with E-state index < -0.39 is 297 Å². The van der Waals surface area contributed by atoms with Crippen LogP contribution in [-0.4, -0.2) is 409 Å². The van der Waals surface area contributed by atoms with Crippen LogP contribution in [0.1, 0.15) is 27.7 Å². The molecular weight excluding hydrogens is 1280 g/mol. The van der Waals surface area contributed by atoms with Crippen LogP contribution in [0.2, 0.25) is 0 Å². The fourth-order valence-electron chi connectivity index (χ4n) is 12.2. The summed E-state index contributed by atoms with van der Waals surface area (Å²) in [6, 6.07) is -3.90. The first-order valence-corrected chi connectivity index (χ1v) is 29.9. The second-order valence-corrected chi connectivity index (χ2v) is 23.8. The second kappa shape index (κ2) is 32.6. The summed E-state index contributed by atoms with van der Waals surface area (Å²) >= 11 is 0. The Morgan fingerprint density at radius 1 is 0.280 bits per heavy atom. The Morgan fingerprint density at radius 2 is 0.559 bits per heavy atom. The van der Waals surface area contributed by atoms with Crippen LogP contribution in [0.3, 0.4) is 0 Å². The van der Waals surface area contributed by atoms with E-state index in [1.807, 2.05) is 0 Å². The van der Waals surface area contributed by atoms with Crippen LogP contribution >= 0.6 is 0 Å². The van der Waals surface area contributed by atoms with E-state index in [1.165, 1.54) is 13.8 Å². The summed E-state index contributed by atoms with van der Waals surface area (Å²) in [6.07, 6.45) is -75.3. The normalized spacial score (nSPS) is 51.6. The van der Waals surface area contributed by atoms with E-state index in [4.69, 9.17) is 71.1 Å². The molecule has 93 heavy (non-hydrogen) atoms. The number of ether oxygens (including phenoxy) is 15. The van der Waals surface area contributed by atoms with E-state index in [-0.39, 0.29) is 0 Å². The second-order valence-electron chi connectivity index (χ2n) is 23.8. The van der Waals surface area contributed by atoms with Crippen LogP contribution in [-0.2, 0) is 80.6 Å². The largest absolute Gasteiger partial charge is 0.394 e. The van der Waals surface area contributed by atoms with Crippen molar-refractivity contribution in [1.82, 2.24) is 10.6 Å². The standard InChI is InChI=1S/C52H88N2O39/c1-11-23(63)28(68)33(73)48(79-11)88-39-19(9-59)85-47(22(54-14(4)62)42(39)91-50-35(75)30(70)25(65)15(5-55)82-50)93-44-27(67)17(7-57)84-52(37(44)77)89-40-20(10-60)86-46(21(53-13(3)61)41(40)90-49-34(74)29(69)24(64)12(2)80-49)92-43-26(66)16(6-56)83-51(36(43)76)87-38-18(8-58)81-45(78)32(72)31(38)71/h11-12,15-52,55-60,63-78H,5-10H2,1-4H3,(H,53,61)(H,54,62)/t11-,12+,15+,16-,17-,18-,19-,20-,21-,22-,23+,24-,25-,26+,27+,28+,29-,30-,31-,32-,33-,34+,35+,36-,37-,38-,39?,40?,41-,42+,43+,44+,45?,46+,47+,48+,49+,50+,51+,52+/m1/s1. The molecule has 0 saturated carbocycles. The lowest BCUT2D eigenvalue weighted by molar-refractivity contribution is -0.400. The van der Waals surface area contributed by atoms with Crippen molar-refractivity contribution in [3.05, 3.63) is 0 Å². The molecule has 540 valence electrons. The molecule has 8 aliphatic rings. The molecule has 0 radical (unpaired) electrons. The molecule has 40 atom stereocenters. The van der Waals surface area contributed by atoms with Gasteiger partial charge in [0.15, 0.2) is 50.3 Å². The van der Waals surface area contributed by atoms with Gasteiger partial charge in [-0.25, -0.2) is 0 Å². The fraction of sp³-hybridized carbons (Fsp3) is 0.962. The predicted octanol–water partition coefficient (Wildman–Crippen LogP) is -16.1. The van der Waals surface area contributed by atoms with Crippen LogP contribution in [0.4, 0.5) is 0 Å². The maximum Gasteiger partial charge on any atom is 0.217 e. The van der Waals surface area contributed by atoms with Gasteiger partial charge in [-0.2, -0.15) is 0 Å². The maximum atomic E-state index is 13.3. The first kappa shape index (κ1) is 76.2. The first-order valence-electron chi connectivity index (χ1n) is 29.9. The minimum atomic E-state index is -2.43. The molecule has 8 fully saturated rings. The number of hydrogen-bond acceptors (Lipinski definition) is 39. The lowest BCUT2D eigenvalue weighted by Gasteiger charge is -2.52. The van der Waals surface area contributed by atoms with Crippen LogP contribution in [0, 0.1) is 0 Å². The average molecular weight is 1370 g/mol. The molecule has 0 aliphatic carbocycles. The summed E-state index contributed by atoms with van der Waals surface area (Å²) in [6.45, 7) is -2.06. The van der Waals surface area contributed by atoms with Gasteiger partial charge in [-0.1, -0.05) is 0 Å². The Kier molecular flexibility index (Phi) is 26.7. The molecule has 41 heteroatoms. The zero-order chi connectivity index (χ0) is 68.5. The van der Waals surface area contributed by atoms with Crippen molar-refractivity contribution in [1.29, 1.82) is 0 Å². The SMILES string of the molecule is CC(=O)N[C@H]1[C@H](O[C@H]2[C@@H](O)[C@@H](CO)O[C@@H](OC3[C@@H](CO)O[C@@H](O[C@H]4[C@@H](O)[C@@H](CO)O[C@@H](O[C@H]5[C@H](O)[C@@H](O)C(O)O[C@@H]5CO)[C@@H]4O)[C@H](NC(C)=O)[C@H]3O[C@@H]3O[C@@H](C)[C@@H](O)[C@@H](O)[C@@H]3O)[C@@H]2O)O[C@H](CO)C(O[C@@H]2O[C@H](C)[C@H](O)[C@H](O)[C@H]2O)[C@H]1O[C@@H]1O[C@@H](CO)[C@@H](O)[C@@H](O)[C@@H]1O. The number of carbonyl (C=O) groups is 2. The highest BCUT2D eigenvalue weighted by atomic mass is 16.8. The number of aliphatic hydroxyl groups excluding tert-OH is 22. The molecule has 8 rings (SSSR count). The molecule has 8 heterocycles. The highest BCUT2D eigenvalue weighted by molar-refractivity contribution is 5.73. The van der Waals surface area contributed by atoms with Crippen molar-refractivity contribution in [2.75, 3.05) is 39.6 Å². The highest BCUT2D eigenvalue weighted by Gasteiger charge is 2.61. The van der Waals surface area contributed by atoms with Crippen molar-refractivity contribution in [3.8, 4) is 0 Å². The molecule has 41 nitrogen and oxygen atoms in total. The molecule has 0 aromatic carbocycles. The summed E-state index contributed by atoms with van der Waals surface area (Å²) in [5, 5.41) is 245. The summed E-state index contributed by atoms with van der Waals surface area (Å²) < 4.78 is 88.9. The monoisotopic (exact) mass is 1360 g/mol. The number of amides is 2. The summed E-state index contributed by atoms with van der Waals surface area (Å²) in [5.74, 6) is -1.91. The minimum Gasteiger partial charge on any atom is -0.394 e. The Hall–Kier alpha value is -2.54. The summed E-state index contributed by atoms with van der Waals surface area (Å²) in [4.78, 5) is 26.6. The number of aliphatic hydroxyl groups is 22. The number of carbonyl (C=O) groups excluding carboxylic acids is 2. The predicted molar refractivity (Wildman–Crippen MR) is 285 cm³/mol. The van der Waals surface area contributed by atoms with E-state index >= 15 is 0 Å².